The number of hydrogen-bond donors (Lipinski definition) is 2. The number of nitrogens with zero attached hydrogens (tertiary/aromatic N) is 3. The summed E-state index contributed by atoms with van der Waals surface area (Å²) in [7, 11) is 1.81. The van der Waals surface area contributed by atoms with E-state index in [-0.39, 0.29) is 23.6 Å². The average molecular weight is 523 g/mol. The molecule has 0 aliphatic carbocycles. The fourth-order valence-corrected chi connectivity index (χ4v) is 4.08. The monoisotopic (exact) mass is 521 g/mol. The summed E-state index contributed by atoms with van der Waals surface area (Å²) >= 11 is 10.6. The maximum atomic E-state index is 12.5. The molecule has 10 heteroatoms. The van der Waals surface area contributed by atoms with Crippen LogP contribution in [0.4, 0.5) is 5.69 Å². The lowest BCUT2D eigenvalue weighted by molar-refractivity contribution is -0.113. The first-order valence-electron chi connectivity index (χ1n) is 9.39. The van der Waals surface area contributed by atoms with E-state index in [1.54, 1.807) is 35.9 Å². The summed E-state index contributed by atoms with van der Waals surface area (Å²) < 4.78 is 2.48. The fraction of sp³-hybridized carbons (Fsp3) is 0.238. The number of carbonyl (C=O) groups excluding carboxylic acids is 2. The number of rotatable bonds is 7. The number of benzene rings is 2. The van der Waals surface area contributed by atoms with Crippen molar-refractivity contribution in [2.45, 2.75) is 25.0 Å². The second-order valence-electron chi connectivity index (χ2n) is 6.93. The standard InChI is InChI=1S/C21H21BrClN5O2S/c1-12-5-4-6-14(9-12)20(30)24-13(2)19-26-27-21(28(19)3)31-11-18(29)25-15-7-8-17(23)16(22)10-15/h4-10,13H,11H2,1-3H3,(H,24,30)(H,25,29)/t13-/m0/s1. The molecule has 0 spiro atoms. The first kappa shape index (κ1) is 23.3. The minimum Gasteiger partial charge on any atom is -0.342 e. The molecule has 0 saturated heterocycles. The second kappa shape index (κ2) is 10.3. The van der Waals surface area contributed by atoms with E-state index < -0.39 is 0 Å². The molecule has 1 atom stereocenters. The molecule has 3 rings (SSSR count). The minimum atomic E-state index is -0.347. The number of aromatic nitrogens is 3. The molecule has 3 aromatic rings. The number of thioether (sulfide) groups is 1. The number of nitrogens with one attached hydrogen (secondary N) is 2. The third-order valence-electron chi connectivity index (χ3n) is 4.42. The van der Waals surface area contributed by atoms with Crippen molar-refractivity contribution in [3.05, 3.63) is 68.9 Å². The van der Waals surface area contributed by atoms with Crippen molar-refractivity contribution in [1.82, 2.24) is 20.1 Å². The Morgan fingerprint density at radius 2 is 2.00 bits per heavy atom. The zero-order valence-corrected chi connectivity index (χ0v) is 20.3. The van der Waals surface area contributed by atoms with E-state index in [9.17, 15) is 9.59 Å². The molecule has 162 valence electrons. The van der Waals surface area contributed by atoms with Crippen LogP contribution in [0.1, 0.15) is 34.7 Å². The van der Waals surface area contributed by atoms with Gasteiger partial charge < -0.3 is 15.2 Å². The maximum absolute atomic E-state index is 12.5. The van der Waals surface area contributed by atoms with Crippen molar-refractivity contribution >= 4 is 56.8 Å². The van der Waals surface area contributed by atoms with Crippen LogP contribution in [0.15, 0.2) is 52.1 Å². The number of hydrogen-bond acceptors (Lipinski definition) is 5. The van der Waals surface area contributed by atoms with E-state index in [1.165, 1.54) is 11.8 Å². The van der Waals surface area contributed by atoms with E-state index in [0.717, 1.165) is 5.56 Å². The molecule has 0 aliphatic heterocycles. The molecule has 2 aromatic carbocycles. The Bertz CT molecular complexity index is 1120. The van der Waals surface area contributed by atoms with Crippen molar-refractivity contribution in [3.8, 4) is 0 Å². The van der Waals surface area contributed by atoms with E-state index >= 15 is 0 Å². The van der Waals surface area contributed by atoms with Gasteiger partial charge in [0.05, 0.1) is 16.8 Å². The fourth-order valence-electron chi connectivity index (χ4n) is 2.86. The van der Waals surface area contributed by atoms with Gasteiger partial charge in [0.25, 0.3) is 5.91 Å². The molecule has 0 bridgehead atoms. The molecule has 0 saturated carbocycles. The summed E-state index contributed by atoms with van der Waals surface area (Å²) in [6.45, 7) is 3.78. The lowest BCUT2D eigenvalue weighted by atomic mass is 10.1. The molecular formula is C21H21BrClN5O2S. The summed E-state index contributed by atoms with van der Waals surface area (Å²) in [4.78, 5) is 24.8. The largest absolute Gasteiger partial charge is 0.342 e. The van der Waals surface area contributed by atoms with Crippen molar-refractivity contribution in [2.75, 3.05) is 11.1 Å². The van der Waals surface area contributed by atoms with E-state index in [2.05, 4.69) is 36.8 Å². The number of aryl methyl sites for hydroxylation is 1. The Morgan fingerprint density at radius 1 is 1.23 bits per heavy atom. The molecule has 2 amide bonds. The highest BCUT2D eigenvalue weighted by Crippen LogP contribution is 2.26. The van der Waals surface area contributed by atoms with Gasteiger partial charge in [-0.05, 0) is 60.1 Å². The van der Waals surface area contributed by atoms with E-state index in [0.29, 0.717) is 31.7 Å². The van der Waals surface area contributed by atoms with Gasteiger partial charge in [-0.1, -0.05) is 41.1 Å². The van der Waals surface area contributed by atoms with Crippen LogP contribution >= 0.6 is 39.3 Å². The number of halogens is 2. The maximum Gasteiger partial charge on any atom is 0.251 e. The quantitative estimate of drug-likeness (QED) is 0.437. The number of carbonyl (C=O) groups is 2. The molecule has 0 aliphatic rings. The average Bonchev–Trinajstić information content (AvgIpc) is 3.09. The Morgan fingerprint density at radius 3 is 2.71 bits per heavy atom. The Kier molecular flexibility index (Phi) is 7.74. The Labute approximate surface area is 198 Å². The molecular weight excluding hydrogens is 502 g/mol. The van der Waals surface area contributed by atoms with Gasteiger partial charge in [-0.25, -0.2) is 0 Å². The highest BCUT2D eigenvalue weighted by Gasteiger charge is 2.19. The number of anilines is 1. The molecule has 2 N–H and O–H groups in total. The van der Waals surface area contributed by atoms with Gasteiger partial charge in [0.2, 0.25) is 5.91 Å². The Balaban J connectivity index is 1.58. The number of amides is 2. The molecule has 1 aromatic heterocycles. The second-order valence-corrected chi connectivity index (χ2v) is 9.13. The highest BCUT2D eigenvalue weighted by molar-refractivity contribution is 9.10. The molecule has 0 fully saturated rings. The van der Waals surface area contributed by atoms with Gasteiger partial charge in [-0.15, -0.1) is 10.2 Å². The van der Waals surface area contributed by atoms with Crippen LogP contribution < -0.4 is 10.6 Å². The normalized spacial score (nSPS) is 11.8. The SMILES string of the molecule is Cc1cccc(C(=O)N[C@@H](C)c2nnc(SCC(=O)Nc3ccc(Cl)c(Br)c3)n2C)c1. The molecule has 1 heterocycles. The third kappa shape index (κ3) is 6.09. The Hall–Kier alpha value is -2.36. The van der Waals surface area contributed by atoms with Crippen LogP contribution in [-0.2, 0) is 11.8 Å². The van der Waals surface area contributed by atoms with Gasteiger partial charge in [-0.3, -0.25) is 9.59 Å². The lowest BCUT2D eigenvalue weighted by Crippen LogP contribution is -2.28. The molecule has 0 unspecified atom stereocenters. The predicted molar refractivity (Wildman–Crippen MR) is 127 cm³/mol. The van der Waals surface area contributed by atoms with Crippen molar-refractivity contribution in [1.29, 1.82) is 0 Å². The van der Waals surface area contributed by atoms with E-state index in [4.69, 9.17) is 11.6 Å². The lowest BCUT2D eigenvalue weighted by Gasteiger charge is -2.14. The van der Waals surface area contributed by atoms with Gasteiger partial charge in [0.1, 0.15) is 0 Å². The first-order valence-corrected chi connectivity index (χ1v) is 11.5. The van der Waals surface area contributed by atoms with Crippen LogP contribution in [-0.4, -0.2) is 32.3 Å². The summed E-state index contributed by atoms with van der Waals surface area (Å²) in [6, 6.07) is 12.2. The van der Waals surface area contributed by atoms with Gasteiger partial charge in [0, 0.05) is 22.8 Å². The molecule has 31 heavy (non-hydrogen) atoms. The van der Waals surface area contributed by atoms with Crippen molar-refractivity contribution < 1.29 is 9.59 Å². The van der Waals surface area contributed by atoms with Crippen molar-refractivity contribution in [2.24, 2.45) is 7.05 Å². The zero-order chi connectivity index (χ0) is 22.5. The third-order valence-corrected chi connectivity index (χ3v) is 6.65. The molecule has 0 radical (unpaired) electrons. The van der Waals surface area contributed by atoms with Crippen molar-refractivity contribution in [3.63, 3.8) is 0 Å². The minimum absolute atomic E-state index is 0.163. The highest BCUT2D eigenvalue weighted by atomic mass is 79.9. The first-order chi connectivity index (χ1) is 14.7. The summed E-state index contributed by atoms with van der Waals surface area (Å²) in [6.07, 6.45) is 0. The molecule has 7 nitrogen and oxygen atoms in total. The van der Waals surface area contributed by atoms with Crippen LogP contribution in [0, 0.1) is 6.92 Å². The topological polar surface area (TPSA) is 88.9 Å². The van der Waals surface area contributed by atoms with Gasteiger partial charge in [0.15, 0.2) is 11.0 Å². The summed E-state index contributed by atoms with van der Waals surface area (Å²) in [5, 5.41) is 15.2. The van der Waals surface area contributed by atoms with Gasteiger partial charge in [-0.2, -0.15) is 0 Å². The summed E-state index contributed by atoms with van der Waals surface area (Å²) in [5.41, 5.74) is 2.25. The van der Waals surface area contributed by atoms with E-state index in [1.807, 2.05) is 32.0 Å². The smallest absolute Gasteiger partial charge is 0.251 e. The van der Waals surface area contributed by atoms with Crippen LogP contribution in [0.25, 0.3) is 0 Å². The predicted octanol–water partition coefficient (Wildman–Crippen LogP) is 4.76. The van der Waals surface area contributed by atoms with Gasteiger partial charge >= 0.3 is 0 Å². The van der Waals surface area contributed by atoms with Crippen LogP contribution in [0.3, 0.4) is 0 Å². The zero-order valence-electron chi connectivity index (χ0n) is 17.1. The van der Waals surface area contributed by atoms with Crippen LogP contribution in [0.5, 0.6) is 0 Å². The summed E-state index contributed by atoms with van der Waals surface area (Å²) in [5.74, 6) is 0.410. The van der Waals surface area contributed by atoms with Crippen LogP contribution in [0.2, 0.25) is 5.02 Å².